The molecular formula is C11H11N3OS. The molecule has 16 heavy (non-hydrogen) atoms. The molecule has 0 aliphatic carbocycles. The van der Waals surface area contributed by atoms with Crippen LogP contribution in [0.2, 0.25) is 0 Å². The zero-order chi connectivity index (χ0) is 11.0. The molecule has 0 saturated heterocycles. The summed E-state index contributed by atoms with van der Waals surface area (Å²) in [7, 11) is 0. The second kappa shape index (κ2) is 3.84. The van der Waals surface area contributed by atoms with Crippen molar-refractivity contribution in [3.63, 3.8) is 0 Å². The topological polar surface area (TPSA) is 61.0 Å². The van der Waals surface area contributed by atoms with Crippen LogP contribution in [0.25, 0.3) is 0 Å². The Kier molecular flexibility index (Phi) is 2.34. The highest BCUT2D eigenvalue weighted by atomic mass is 32.1. The zero-order valence-electron chi connectivity index (χ0n) is 8.59. The van der Waals surface area contributed by atoms with Crippen LogP contribution >= 0.6 is 11.5 Å². The largest absolute Gasteiger partial charge is 0.493 e. The Balaban J connectivity index is 1.95. The van der Waals surface area contributed by atoms with Crippen molar-refractivity contribution in [1.29, 1.82) is 0 Å². The molecule has 2 N–H and O–H groups in total. The van der Waals surface area contributed by atoms with Crippen LogP contribution in [0, 0.1) is 0 Å². The molecule has 4 nitrogen and oxygen atoms in total. The van der Waals surface area contributed by atoms with Gasteiger partial charge in [-0.3, -0.25) is 0 Å². The predicted octanol–water partition coefficient (Wildman–Crippen LogP) is 1.52. The van der Waals surface area contributed by atoms with Crippen LogP contribution in [0.4, 0.5) is 0 Å². The highest BCUT2D eigenvalue weighted by Gasteiger charge is 2.16. The third-order valence-corrected chi connectivity index (χ3v) is 3.29. The molecule has 82 valence electrons. The number of nitrogens with zero attached hydrogens (tertiary/aromatic N) is 2. The van der Waals surface area contributed by atoms with Gasteiger partial charge in [0.1, 0.15) is 5.75 Å². The first-order valence-electron chi connectivity index (χ1n) is 5.13. The first-order chi connectivity index (χ1) is 7.84. The number of rotatable bonds is 2. The van der Waals surface area contributed by atoms with E-state index >= 15 is 0 Å². The number of nitrogens with two attached hydrogens (primary N) is 1. The van der Waals surface area contributed by atoms with Gasteiger partial charge in [-0.1, -0.05) is 16.6 Å². The first kappa shape index (κ1) is 9.74. The van der Waals surface area contributed by atoms with E-state index in [1.165, 1.54) is 17.1 Å². The van der Waals surface area contributed by atoms with Gasteiger partial charge in [-0.05, 0) is 28.7 Å². The molecule has 0 spiro atoms. The summed E-state index contributed by atoms with van der Waals surface area (Å²) in [5, 5.41) is 5.88. The maximum Gasteiger partial charge on any atom is 0.122 e. The van der Waals surface area contributed by atoms with Crippen LogP contribution < -0.4 is 10.5 Å². The maximum absolute atomic E-state index is 6.12. The van der Waals surface area contributed by atoms with E-state index in [2.05, 4.69) is 15.7 Å². The summed E-state index contributed by atoms with van der Waals surface area (Å²) in [5.74, 6) is 0.979. The van der Waals surface area contributed by atoms with Crippen LogP contribution in [0.15, 0.2) is 23.6 Å². The third-order valence-electron chi connectivity index (χ3n) is 2.77. The van der Waals surface area contributed by atoms with Crippen LogP contribution in [0.3, 0.4) is 0 Å². The average Bonchev–Trinajstić information content (AvgIpc) is 2.98. The lowest BCUT2D eigenvalue weighted by Gasteiger charge is -2.09. The summed E-state index contributed by atoms with van der Waals surface area (Å²) in [5.41, 5.74) is 9.24. The van der Waals surface area contributed by atoms with Gasteiger partial charge in [0.25, 0.3) is 0 Å². The lowest BCUT2D eigenvalue weighted by Crippen LogP contribution is -2.12. The van der Waals surface area contributed by atoms with E-state index in [-0.39, 0.29) is 6.04 Å². The number of hydrogen-bond donors (Lipinski definition) is 1. The molecular weight excluding hydrogens is 222 g/mol. The van der Waals surface area contributed by atoms with E-state index in [0.717, 1.165) is 30.0 Å². The Morgan fingerprint density at radius 2 is 2.38 bits per heavy atom. The SMILES string of the molecule is NC(c1ccc2c(c1)CCO2)c1csnn1. The van der Waals surface area contributed by atoms with Gasteiger partial charge < -0.3 is 10.5 Å². The van der Waals surface area contributed by atoms with Gasteiger partial charge in [0, 0.05) is 11.8 Å². The highest BCUT2D eigenvalue weighted by molar-refractivity contribution is 7.03. The summed E-state index contributed by atoms with van der Waals surface area (Å²) in [6.07, 6.45) is 0.964. The minimum atomic E-state index is -0.190. The van der Waals surface area contributed by atoms with E-state index in [4.69, 9.17) is 10.5 Å². The second-order valence-corrected chi connectivity index (χ2v) is 4.38. The Bertz CT molecular complexity index is 498. The van der Waals surface area contributed by atoms with Gasteiger partial charge in [-0.15, -0.1) is 5.10 Å². The predicted molar refractivity (Wildman–Crippen MR) is 61.6 cm³/mol. The fraction of sp³-hybridized carbons (Fsp3) is 0.273. The quantitative estimate of drug-likeness (QED) is 0.854. The molecule has 1 aliphatic rings. The van der Waals surface area contributed by atoms with Crippen molar-refractivity contribution in [2.24, 2.45) is 5.73 Å². The lowest BCUT2D eigenvalue weighted by molar-refractivity contribution is 0.357. The van der Waals surface area contributed by atoms with Gasteiger partial charge in [0.05, 0.1) is 18.3 Å². The second-order valence-electron chi connectivity index (χ2n) is 3.77. The highest BCUT2D eigenvalue weighted by Crippen LogP contribution is 2.29. The molecule has 2 heterocycles. The van der Waals surface area contributed by atoms with Gasteiger partial charge in [0.15, 0.2) is 0 Å². The summed E-state index contributed by atoms with van der Waals surface area (Å²) < 4.78 is 9.29. The number of ether oxygens (including phenoxy) is 1. The summed E-state index contributed by atoms with van der Waals surface area (Å²) >= 11 is 1.32. The first-order valence-corrected chi connectivity index (χ1v) is 5.96. The van der Waals surface area contributed by atoms with E-state index in [1.54, 1.807) is 0 Å². The fourth-order valence-electron chi connectivity index (χ4n) is 1.88. The van der Waals surface area contributed by atoms with Crippen molar-refractivity contribution < 1.29 is 4.74 Å². The summed E-state index contributed by atoms with van der Waals surface area (Å²) in [6, 6.07) is 5.89. The minimum Gasteiger partial charge on any atom is -0.493 e. The number of benzene rings is 1. The summed E-state index contributed by atoms with van der Waals surface area (Å²) in [6.45, 7) is 0.770. The van der Waals surface area contributed by atoms with Gasteiger partial charge in [-0.25, -0.2) is 0 Å². The third kappa shape index (κ3) is 1.58. The molecule has 0 radical (unpaired) electrons. The average molecular weight is 233 g/mol. The lowest BCUT2D eigenvalue weighted by atomic mass is 10.0. The van der Waals surface area contributed by atoms with Gasteiger partial charge in [0.2, 0.25) is 0 Å². The molecule has 1 aromatic heterocycles. The van der Waals surface area contributed by atoms with Crippen molar-refractivity contribution >= 4 is 11.5 Å². The maximum atomic E-state index is 6.12. The van der Waals surface area contributed by atoms with Crippen molar-refractivity contribution in [2.75, 3.05) is 6.61 Å². The van der Waals surface area contributed by atoms with E-state index in [1.807, 2.05) is 17.5 Å². The van der Waals surface area contributed by atoms with E-state index in [0.29, 0.717) is 0 Å². The number of hydrogen-bond acceptors (Lipinski definition) is 5. The molecule has 0 bridgehead atoms. The smallest absolute Gasteiger partial charge is 0.122 e. The molecule has 2 aromatic rings. The van der Waals surface area contributed by atoms with Gasteiger partial charge >= 0.3 is 0 Å². The van der Waals surface area contributed by atoms with Crippen LogP contribution in [0.1, 0.15) is 22.9 Å². The molecule has 1 unspecified atom stereocenters. The molecule has 1 atom stereocenters. The van der Waals surface area contributed by atoms with Crippen molar-refractivity contribution in [2.45, 2.75) is 12.5 Å². The Hall–Kier alpha value is -1.46. The number of aromatic nitrogens is 2. The van der Waals surface area contributed by atoms with Crippen molar-refractivity contribution in [3.05, 3.63) is 40.4 Å². The fourth-order valence-corrected chi connectivity index (χ4v) is 2.37. The monoisotopic (exact) mass is 233 g/mol. The molecule has 0 saturated carbocycles. The molecule has 3 rings (SSSR count). The Morgan fingerprint density at radius 3 is 3.19 bits per heavy atom. The van der Waals surface area contributed by atoms with Crippen LogP contribution in [-0.4, -0.2) is 16.2 Å². The van der Waals surface area contributed by atoms with E-state index < -0.39 is 0 Å². The molecule has 1 aliphatic heterocycles. The molecule has 5 heteroatoms. The molecule has 0 fully saturated rings. The van der Waals surface area contributed by atoms with E-state index in [9.17, 15) is 0 Å². The van der Waals surface area contributed by atoms with Crippen molar-refractivity contribution in [3.8, 4) is 5.75 Å². The molecule has 1 aromatic carbocycles. The van der Waals surface area contributed by atoms with Gasteiger partial charge in [-0.2, -0.15) is 0 Å². The Morgan fingerprint density at radius 1 is 1.44 bits per heavy atom. The summed E-state index contributed by atoms with van der Waals surface area (Å²) in [4.78, 5) is 0. The molecule has 0 amide bonds. The normalized spacial score (nSPS) is 15.6. The van der Waals surface area contributed by atoms with Crippen LogP contribution in [-0.2, 0) is 6.42 Å². The van der Waals surface area contributed by atoms with Crippen molar-refractivity contribution in [1.82, 2.24) is 9.59 Å². The standard InChI is InChI=1S/C11H11N3OS/c12-11(9-6-16-14-13-9)8-1-2-10-7(5-8)3-4-15-10/h1-2,5-6,11H,3-4,12H2. The zero-order valence-corrected chi connectivity index (χ0v) is 9.41. The minimum absolute atomic E-state index is 0.190. The number of fused-ring (bicyclic) bond motifs is 1. The Labute approximate surface area is 97.2 Å². The van der Waals surface area contributed by atoms with Crippen LogP contribution in [0.5, 0.6) is 5.75 Å².